The van der Waals surface area contributed by atoms with E-state index in [1.54, 1.807) is 0 Å². The molecule has 0 aliphatic carbocycles. The standard InChI is InChI=1S/3H2O4S.2Pm/c3*1-5(2,3)4;;/h3*(H2,1,2,3,4);;/q;;;2*+3/p-6. The minimum absolute atomic E-state index is 0. The van der Waals surface area contributed by atoms with Gasteiger partial charge in [0.15, 0.2) is 0 Å². The monoisotopic (exact) mass is 578 g/mol. The van der Waals surface area contributed by atoms with Crippen molar-refractivity contribution in [3.05, 3.63) is 0 Å². The second-order valence-electron chi connectivity index (χ2n) is 1.22. The summed E-state index contributed by atoms with van der Waals surface area (Å²) >= 11 is 0. The summed E-state index contributed by atoms with van der Waals surface area (Å²) in [6.07, 6.45) is 0. The van der Waals surface area contributed by atoms with Gasteiger partial charge < -0.3 is 27.3 Å². The molecule has 0 radical (unpaired) electrons. The summed E-state index contributed by atoms with van der Waals surface area (Å²) in [6, 6.07) is 0. The van der Waals surface area contributed by atoms with Gasteiger partial charge in [0.1, 0.15) is 0 Å². The molecule has 0 aliphatic heterocycles. The Bertz CT molecular complexity index is 341. The maximum absolute atomic E-state index is 8.52. The van der Waals surface area contributed by atoms with Gasteiger partial charge in [0, 0.05) is 31.2 Å². The third-order valence-electron chi connectivity index (χ3n) is 0. The van der Waals surface area contributed by atoms with Crippen LogP contribution in [-0.2, 0) is 31.2 Å². The van der Waals surface area contributed by atoms with Crippen LogP contribution in [0.25, 0.3) is 0 Å². The van der Waals surface area contributed by atoms with Crippen molar-refractivity contribution >= 4 is 31.2 Å². The molecule has 0 aromatic carbocycles. The molecule has 0 fully saturated rings. The van der Waals surface area contributed by atoms with E-state index in [9.17, 15) is 0 Å². The summed E-state index contributed by atoms with van der Waals surface area (Å²) in [5, 5.41) is 0. The van der Waals surface area contributed by atoms with Crippen molar-refractivity contribution in [2.45, 2.75) is 0 Å². The predicted molar refractivity (Wildman–Crippen MR) is 31.4 cm³/mol. The van der Waals surface area contributed by atoms with Gasteiger partial charge >= 0.3 is 80.8 Å². The Labute approximate surface area is 161 Å². The number of hydrogen-bond donors (Lipinski definition) is 0. The fraction of sp³-hybridized carbons (Fsp3) is 0. The molecule has 0 atom stereocenters. The molecule has 12 nitrogen and oxygen atoms in total. The summed E-state index contributed by atoms with van der Waals surface area (Å²) in [5.74, 6) is 0. The number of rotatable bonds is 0. The fourth-order valence-corrected chi connectivity index (χ4v) is 0. The summed E-state index contributed by atoms with van der Waals surface area (Å²) in [6.45, 7) is 0. The maximum atomic E-state index is 8.52. The minimum atomic E-state index is -5.17. The second-order valence-corrected chi connectivity index (χ2v) is 3.67. The van der Waals surface area contributed by atoms with Crippen LogP contribution in [0.5, 0.6) is 0 Å². The van der Waals surface area contributed by atoms with Gasteiger partial charge in [-0.05, 0) is 0 Å². The van der Waals surface area contributed by atoms with Gasteiger partial charge in [-0.2, -0.15) is 0 Å². The molecule has 0 amide bonds. The number of hydrogen-bond acceptors (Lipinski definition) is 12. The molecule has 0 aromatic heterocycles. The quantitative estimate of drug-likeness (QED) is 0.197. The van der Waals surface area contributed by atoms with Crippen molar-refractivity contribution in [2.75, 3.05) is 0 Å². The average Bonchev–Trinajstić information content (AvgIpc) is 1.41. The van der Waals surface area contributed by atoms with Gasteiger partial charge in [0.25, 0.3) is 0 Å². The van der Waals surface area contributed by atoms with Crippen LogP contribution in [0.1, 0.15) is 0 Å². The van der Waals surface area contributed by atoms with E-state index in [2.05, 4.69) is 0 Å². The van der Waals surface area contributed by atoms with E-state index in [1.807, 2.05) is 0 Å². The van der Waals surface area contributed by atoms with E-state index in [0.717, 1.165) is 0 Å². The zero-order valence-electron chi connectivity index (χ0n) is 7.02. The maximum Gasteiger partial charge on any atom is 3.00 e. The topological polar surface area (TPSA) is 241 Å². The van der Waals surface area contributed by atoms with Crippen molar-refractivity contribution in [2.24, 2.45) is 0 Å². The molecule has 0 aliphatic rings. The Hall–Kier alpha value is 2.29. The first-order valence-corrected chi connectivity index (χ1v) is 6.00. The molecule has 0 aromatic rings. The Morgan fingerprint density at radius 2 is 0.412 bits per heavy atom. The molecule has 0 saturated carbocycles. The van der Waals surface area contributed by atoms with Crippen LogP contribution in [0, 0.1) is 80.8 Å². The van der Waals surface area contributed by atoms with E-state index >= 15 is 0 Å². The molecule has 100 valence electrons. The first-order chi connectivity index (χ1) is 6.00. The van der Waals surface area contributed by atoms with Crippen molar-refractivity contribution in [1.29, 1.82) is 0 Å². The first-order valence-electron chi connectivity index (χ1n) is 2.00. The SMILES string of the molecule is O=S(=O)([O-])[O-].O=S(=O)([O-])[O-].O=S(=O)([O-])[O-].[Pm+3].[Pm+3]. The predicted octanol–water partition coefficient (Wildman–Crippen LogP) is -4.01. The zero-order chi connectivity index (χ0) is 13.5. The second kappa shape index (κ2) is 13.3. The van der Waals surface area contributed by atoms with Crippen LogP contribution >= 0.6 is 0 Å². The van der Waals surface area contributed by atoms with Crippen LogP contribution in [0.4, 0.5) is 0 Å². The summed E-state index contributed by atoms with van der Waals surface area (Å²) in [4.78, 5) is 0. The van der Waals surface area contributed by atoms with Gasteiger partial charge in [0.05, 0.1) is 0 Å². The smallest absolute Gasteiger partial charge is 0.759 e. The first kappa shape index (κ1) is 31.6. The zero-order valence-corrected chi connectivity index (χ0v) is 15.2. The van der Waals surface area contributed by atoms with E-state index in [4.69, 9.17) is 52.6 Å². The Kier molecular flexibility index (Phi) is 24.7. The van der Waals surface area contributed by atoms with Crippen molar-refractivity contribution in [3.8, 4) is 0 Å². The molecule has 0 spiro atoms. The van der Waals surface area contributed by atoms with E-state index in [1.165, 1.54) is 0 Å². The third kappa shape index (κ3) is 929. The summed E-state index contributed by atoms with van der Waals surface area (Å²) in [5.41, 5.74) is 0. The van der Waals surface area contributed by atoms with Gasteiger partial charge in [-0.25, -0.2) is 0 Å². The third-order valence-corrected chi connectivity index (χ3v) is 0. The molecule has 0 rings (SSSR count). The van der Waals surface area contributed by atoms with Crippen molar-refractivity contribution in [1.82, 2.24) is 0 Å². The van der Waals surface area contributed by atoms with Crippen molar-refractivity contribution < 1.29 is 133 Å². The normalized spacial score (nSPS) is 10.2. The van der Waals surface area contributed by atoms with Gasteiger partial charge in [-0.3, -0.25) is 25.3 Å². The molecule has 0 N–H and O–H groups in total. The van der Waals surface area contributed by atoms with Crippen molar-refractivity contribution in [3.63, 3.8) is 0 Å². The van der Waals surface area contributed by atoms with Gasteiger partial charge in [0.2, 0.25) is 0 Å². The molecular formula is O12Pm2S3. The van der Waals surface area contributed by atoms with Crippen LogP contribution in [0.2, 0.25) is 0 Å². The van der Waals surface area contributed by atoms with Crippen LogP contribution < -0.4 is 0 Å². The Morgan fingerprint density at radius 1 is 0.412 bits per heavy atom. The molecule has 0 saturated heterocycles. The fourth-order valence-electron chi connectivity index (χ4n) is 0. The Balaban J connectivity index is -0.0000000400. The van der Waals surface area contributed by atoms with Crippen LogP contribution in [0.3, 0.4) is 0 Å². The molecule has 0 bridgehead atoms. The average molecular weight is 578 g/mol. The van der Waals surface area contributed by atoms with Crippen LogP contribution in [0.15, 0.2) is 0 Å². The minimum Gasteiger partial charge on any atom is -0.759 e. The van der Waals surface area contributed by atoms with E-state index in [-0.39, 0.29) is 80.8 Å². The van der Waals surface area contributed by atoms with E-state index in [0.29, 0.717) is 0 Å². The Morgan fingerprint density at radius 3 is 0.412 bits per heavy atom. The molecule has 0 unspecified atom stereocenters. The largest absolute Gasteiger partial charge is 3.00 e. The van der Waals surface area contributed by atoms with Gasteiger partial charge in [-0.15, -0.1) is 0 Å². The summed E-state index contributed by atoms with van der Waals surface area (Å²) < 4.78 is 102. The van der Waals surface area contributed by atoms with E-state index < -0.39 is 31.2 Å². The molecule has 17 heteroatoms. The van der Waals surface area contributed by atoms with Crippen LogP contribution in [-0.4, -0.2) is 52.6 Å². The summed E-state index contributed by atoms with van der Waals surface area (Å²) in [7, 11) is -15.5. The molecular weight excluding hydrogens is 578 g/mol. The van der Waals surface area contributed by atoms with Gasteiger partial charge in [-0.1, -0.05) is 0 Å². The molecule has 0 heterocycles. The molecule has 17 heavy (non-hydrogen) atoms.